The van der Waals surface area contributed by atoms with Crippen LogP contribution in [0.25, 0.3) is 0 Å². The lowest BCUT2D eigenvalue weighted by atomic mass is 9.85. The monoisotopic (exact) mass is 320 g/mol. The van der Waals surface area contributed by atoms with E-state index in [1.54, 1.807) is 7.11 Å². The number of hydrogen-bond acceptors (Lipinski definition) is 4. The van der Waals surface area contributed by atoms with E-state index in [1.807, 2.05) is 15.8 Å². The van der Waals surface area contributed by atoms with Crippen LogP contribution in [0.3, 0.4) is 0 Å². The van der Waals surface area contributed by atoms with Gasteiger partial charge in [-0.25, -0.2) is 0 Å². The Morgan fingerprint density at radius 3 is 2.78 bits per heavy atom. The van der Waals surface area contributed by atoms with Crippen LogP contribution in [0.1, 0.15) is 38.2 Å². The van der Waals surface area contributed by atoms with Gasteiger partial charge in [0.15, 0.2) is 0 Å². The molecule has 0 N–H and O–H groups in total. The van der Waals surface area contributed by atoms with Crippen LogP contribution in [-0.4, -0.2) is 64.4 Å². The second-order valence-corrected chi connectivity index (χ2v) is 6.65. The van der Waals surface area contributed by atoms with Gasteiger partial charge < -0.3 is 9.64 Å². The van der Waals surface area contributed by atoms with Crippen molar-refractivity contribution in [2.45, 2.75) is 51.2 Å². The van der Waals surface area contributed by atoms with Crippen molar-refractivity contribution in [1.82, 2.24) is 19.6 Å². The van der Waals surface area contributed by atoms with E-state index in [0.29, 0.717) is 19.1 Å². The maximum atomic E-state index is 13.1. The number of methoxy groups -OCH3 is 1. The highest BCUT2D eigenvalue weighted by Crippen LogP contribution is 2.39. The fraction of sp³-hybridized carbons (Fsp3) is 0.765. The number of piperidine rings is 1. The van der Waals surface area contributed by atoms with Gasteiger partial charge in [0.2, 0.25) is 5.91 Å². The van der Waals surface area contributed by atoms with Gasteiger partial charge in [0.05, 0.1) is 12.8 Å². The van der Waals surface area contributed by atoms with Crippen LogP contribution in [0, 0.1) is 0 Å². The minimum atomic E-state index is -0.291. The normalized spacial score (nSPS) is 25.7. The van der Waals surface area contributed by atoms with Crippen LogP contribution in [0.5, 0.6) is 0 Å². The minimum Gasteiger partial charge on any atom is -0.383 e. The second-order valence-electron chi connectivity index (χ2n) is 6.65. The Morgan fingerprint density at radius 1 is 1.30 bits per heavy atom. The topological polar surface area (TPSA) is 50.6 Å². The molecule has 2 aliphatic heterocycles. The lowest BCUT2D eigenvalue weighted by molar-refractivity contribution is -0.148. The number of aromatic nitrogens is 2. The standard InChI is InChI=1S/C17H28N4O2/c1-3-21-14-15(12-18-21)13-20-9-5-7-17(20)6-4-8-19(16(17)22)10-11-23-2/h12,14H,3-11,13H2,1-2H3. The highest BCUT2D eigenvalue weighted by molar-refractivity contribution is 5.87. The van der Waals surface area contributed by atoms with Gasteiger partial charge in [-0.1, -0.05) is 0 Å². The summed E-state index contributed by atoms with van der Waals surface area (Å²) in [5.41, 5.74) is 0.912. The number of carbonyl (C=O) groups excluding carboxylic acids is 1. The first-order valence-electron chi connectivity index (χ1n) is 8.74. The lowest BCUT2D eigenvalue weighted by Crippen LogP contribution is -2.60. The number of nitrogens with zero attached hydrogens (tertiary/aromatic N) is 4. The zero-order chi connectivity index (χ0) is 16.3. The van der Waals surface area contributed by atoms with Crippen LogP contribution < -0.4 is 0 Å². The molecule has 6 nitrogen and oxygen atoms in total. The molecule has 1 spiro atoms. The highest BCUT2D eigenvalue weighted by atomic mass is 16.5. The van der Waals surface area contributed by atoms with Crippen molar-refractivity contribution in [3.63, 3.8) is 0 Å². The van der Waals surface area contributed by atoms with E-state index in [4.69, 9.17) is 4.74 Å². The van der Waals surface area contributed by atoms with Crippen molar-refractivity contribution in [1.29, 1.82) is 0 Å². The highest BCUT2D eigenvalue weighted by Gasteiger charge is 2.50. The summed E-state index contributed by atoms with van der Waals surface area (Å²) in [7, 11) is 1.69. The summed E-state index contributed by atoms with van der Waals surface area (Å²) in [6.07, 6.45) is 8.19. The summed E-state index contributed by atoms with van der Waals surface area (Å²) in [6.45, 7) is 6.99. The van der Waals surface area contributed by atoms with E-state index in [1.165, 1.54) is 5.56 Å². The summed E-state index contributed by atoms with van der Waals surface area (Å²) in [5, 5.41) is 4.36. The third-order valence-electron chi connectivity index (χ3n) is 5.28. The van der Waals surface area contributed by atoms with Gasteiger partial charge in [0, 0.05) is 45.0 Å². The van der Waals surface area contributed by atoms with Crippen molar-refractivity contribution in [3.05, 3.63) is 18.0 Å². The van der Waals surface area contributed by atoms with Crippen LogP contribution >= 0.6 is 0 Å². The molecule has 0 radical (unpaired) electrons. The van der Waals surface area contributed by atoms with E-state index in [2.05, 4.69) is 23.1 Å². The lowest BCUT2D eigenvalue weighted by Gasteiger charge is -2.44. The number of rotatable bonds is 6. The summed E-state index contributed by atoms with van der Waals surface area (Å²) >= 11 is 0. The van der Waals surface area contributed by atoms with Gasteiger partial charge in [-0.2, -0.15) is 5.10 Å². The van der Waals surface area contributed by atoms with Gasteiger partial charge in [0.1, 0.15) is 5.54 Å². The molecule has 2 fully saturated rings. The van der Waals surface area contributed by atoms with Crippen molar-refractivity contribution < 1.29 is 9.53 Å². The van der Waals surface area contributed by atoms with E-state index < -0.39 is 0 Å². The molecule has 6 heteroatoms. The first-order valence-corrected chi connectivity index (χ1v) is 8.74. The second kappa shape index (κ2) is 7.01. The number of aryl methyl sites for hydroxylation is 1. The Bertz CT molecular complexity index is 544. The van der Waals surface area contributed by atoms with Gasteiger partial charge in [-0.15, -0.1) is 0 Å². The van der Waals surface area contributed by atoms with E-state index in [9.17, 15) is 4.79 Å². The first-order chi connectivity index (χ1) is 11.2. The number of ether oxygens (including phenoxy) is 1. The number of hydrogen-bond donors (Lipinski definition) is 0. The average molecular weight is 320 g/mol. The van der Waals surface area contributed by atoms with Gasteiger partial charge in [0.25, 0.3) is 0 Å². The van der Waals surface area contributed by atoms with E-state index >= 15 is 0 Å². The third-order valence-corrected chi connectivity index (χ3v) is 5.28. The Kier molecular flexibility index (Phi) is 5.02. The summed E-state index contributed by atoms with van der Waals surface area (Å²) in [5.74, 6) is 0.307. The maximum Gasteiger partial charge on any atom is 0.243 e. The number of likely N-dealkylation sites (tertiary alicyclic amines) is 2. The summed E-state index contributed by atoms with van der Waals surface area (Å²) in [6, 6.07) is 0. The van der Waals surface area contributed by atoms with Crippen molar-refractivity contribution in [2.75, 3.05) is 33.4 Å². The smallest absolute Gasteiger partial charge is 0.243 e. The fourth-order valence-electron chi connectivity index (χ4n) is 4.05. The Labute approximate surface area is 138 Å². The van der Waals surface area contributed by atoms with Crippen molar-refractivity contribution in [2.24, 2.45) is 0 Å². The van der Waals surface area contributed by atoms with Gasteiger partial charge in [-0.05, 0) is 39.2 Å². The number of amides is 1. The number of carbonyl (C=O) groups is 1. The molecule has 1 aromatic heterocycles. The zero-order valence-electron chi connectivity index (χ0n) is 14.3. The third kappa shape index (κ3) is 3.15. The molecule has 0 bridgehead atoms. The fourth-order valence-corrected chi connectivity index (χ4v) is 4.05. The first kappa shape index (κ1) is 16.5. The Morgan fingerprint density at radius 2 is 2.09 bits per heavy atom. The Balaban J connectivity index is 1.74. The predicted octanol–water partition coefficient (Wildman–Crippen LogP) is 1.51. The molecule has 0 saturated carbocycles. The van der Waals surface area contributed by atoms with Crippen LogP contribution in [-0.2, 0) is 22.6 Å². The zero-order valence-corrected chi connectivity index (χ0v) is 14.3. The molecule has 0 aliphatic carbocycles. The average Bonchev–Trinajstić information content (AvgIpc) is 3.17. The molecule has 23 heavy (non-hydrogen) atoms. The molecule has 1 unspecified atom stereocenters. The molecule has 1 atom stereocenters. The van der Waals surface area contributed by atoms with Crippen LogP contribution in [0.4, 0.5) is 0 Å². The molecule has 1 amide bonds. The van der Waals surface area contributed by atoms with E-state index in [0.717, 1.165) is 51.9 Å². The molecule has 128 valence electrons. The van der Waals surface area contributed by atoms with Crippen LogP contribution in [0.2, 0.25) is 0 Å². The molecule has 0 aromatic carbocycles. The SMILES string of the molecule is CCn1cc(CN2CCCC23CCCN(CCOC)C3=O)cn1. The van der Waals surface area contributed by atoms with Crippen molar-refractivity contribution >= 4 is 5.91 Å². The maximum absolute atomic E-state index is 13.1. The molecule has 3 rings (SSSR count). The summed E-state index contributed by atoms with van der Waals surface area (Å²) < 4.78 is 7.11. The molecular weight excluding hydrogens is 292 g/mol. The van der Waals surface area contributed by atoms with Crippen LogP contribution in [0.15, 0.2) is 12.4 Å². The quantitative estimate of drug-likeness (QED) is 0.797. The molecule has 2 saturated heterocycles. The molecule has 1 aromatic rings. The minimum absolute atomic E-state index is 0.291. The van der Waals surface area contributed by atoms with Gasteiger partial charge >= 0.3 is 0 Å². The van der Waals surface area contributed by atoms with E-state index in [-0.39, 0.29) is 5.54 Å². The van der Waals surface area contributed by atoms with Crippen molar-refractivity contribution in [3.8, 4) is 0 Å². The Hall–Kier alpha value is -1.40. The predicted molar refractivity (Wildman–Crippen MR) is 88.0 cm³/mol. The molecule has 3 heterocycles. The summed E-state index contributed by atoms with van der Waals surface area (Å²) in [4.78, 5) is 17.5. The molecular formula is C17H28N4O2. The van der Waals surface area contributed by atoms with Gasteiger partial charge in [-0.3, -0.25) is 14.4 Å². The molecule has 2 aliphatic rings. The largest absolute Gasteiger partial charge is 0.383 e.